The van der Waals surface area contributed by atoms with E-state index >= 15 is 0 Å². The predicted octanol–water partition coefficient (Wildman–Crippen LogP) is 4.40. The van der Waals surface area contributed by atoms with Gasteiger partial charge in [0.1, 0.15) is 15.8 Å². The van der Waals surface area contributed by atoms with E-state index in [0.717, 1.165) is 11.1 Å². The lowest BCUT2D eigenvalue weighted by atomic mass is 10.1. The van der Waals surface area contributed by atoms with Crippen LogP contribution in [0.2, 0.25) is 5.02 Å². The molecule has 1 aromatic carbocycles. The summed E-state index contributed by atoms with van der Waals surface area (Å²) in [7, 11) is 0. The van der Waals surface area contributed by atoms with Crippen molar-refractivity contribution in [3.8, 4) is 11.3 Å². The number of aryl methyl sites for hydroxylation is 1. The summed E-state index contributed by atoms with van der Waals surface area (Å²) in [4.78, 5) is 12.1. The lowest BCUT2D eigenvalue weighted by Crippen LogP contribution is -2.17. The largest absolute Gasteiger partial charge is 0.457 e. The first kappa shape index (κ1) is 14.4. The van der Waals surface area contributed by atoms with Gasteiger partial charge in [0.05, 0.1) is 4.91 Å². The molecule has 6 heteroatoms. The van der Waals surface area contributed by atoms with Gasteiger partial charge >= 0.3 is 0 Å². The summed E-state index contributed by atoms with van der Waals surface area (Å²) in [6.07, 6.45) is 1.68. The number of nitrogens with one attached hydrogen (secondary N) is 1. The highest BCUT2D eigenvalue weighted by Gasteiger charge is 2.22. The van der Waals surface area contributed by atoms with Crippen molar-refractivity contribution in [3.05, 3.63) is 51.6 Å². The molecule has 1 fully saturated rings. The van der Waals surface area contributed by atoms with E-state index in [0.29, 0.717) is 25.8 Å². The molecule has 1 amide bonds. The Morgan fingerprint density at radius 3 is 2.86 bits per heavy atom. The van der Waals surface area contributed by atoms with Crippen molar-refractivity contribution >= 4 is 51.9 Å². The lowest BCUT2D eigenvalue weighted by Gasteiger charge is -2.02. The summed E-state index contributed by atoms with van der Waals surface area (Å²) < 4.78 is 6.24. The van der Waals surface area contributed by atoms with E-state index in [-0.39, 0.29) is 5.91 Å². The zero-order chi connectivity index (χ0) is 15.0. The van der Waals surface area contributed by atoms with Crippen molar-refractivity contribution in [2.24, 2.45) is 0 Å². The Morgan fingerprint density at radius 2 is 2.14 bits per heavy atom. The molecule has 3 rings (SSSR count). The number of benzene rings is 1. The van der Waals surface area contributed by atoms with Crippen LogP contribution in [-0.2, 0) is 4.79 Å². The Balaban J connectivity index is 1.94. The highest BCUT2D eigenvalue weighted by atomic mass is 35.5. The van der Waals surface area contributed by atoms with Crippen LogP contribution < -0.4 is 5.32 Å². The van der Waals surface area contributed by atoms with Crippen molar-refractivity contribution in [1.29, 1.82) is 0 Å². The number of carbonyl (C=O) groups excluding carboxylic acids is 1. The van der Waals surface area contributed by atoms with Gasteiger partial charge in [-0.1, -0.05) is 41.6 Å². The molecule has 1 aliphatic heterocycles. The number of carbonyl (C=O) groups is 1. The standard InChI is InChI=1S/C15H10ClNO2S2/c1-8-2-3-9(16)6-11(8)12-5-4-10(19-12)7-13-14(18)17-15(20)21-13/h2-7H,1H3,(H,17,18,20). The Kier molecular flexibility index (Phi) is 3.89. The van der Waals surface area contributed by atoms with Crippen molar-refractivity contribution in [1.82, 2.24) is 5.32 Å². The average Bonchev–Trinajstić information content (AvgIpc) is 3.00. The minimum absolute atomic E-state index is 0.193. The molecule has 1 saturated heterocycles. The molecule has 2 heterocycles. The van der Waals surface area contributed by atoms with Crippen LogP contribution >= 0.6 is 35.6 Å². The van der Waals surface area contributed by atoms with E-state index in [4.69, 9.17) is 28.2 Å². The average molecular weight is 336 g/mol. The Bertz CT molecular complexity index is 780. The highest BCUT2D eigenvalue weighted by Crippen LogP contribution is 2.31. The number of thiocarbonyl (C=S) groups is 1. The van der Waals surface area contributed by atoms with Crippen LogP contribution in [0.25, 0.3) is 17.4 Å². The third-order valence-corrected chi connectivity index (χ3v) is 4.41. The molecule has 0 spiro atoms. The topological polar surface area (TPSA) is 42.2 Å². The number of furan rings is 1. The van der Waals surface area contributed by atoms with Crippen molar-refractivity contribution < 1.29 is 9.21 Å². The lowest BCUT2D eigenvalue weighted by molar-refractivity contribution is -0.115. The number of hydrogen-bond acceptors (Lipinski definition) is 4. The molecule has 0 radical (unpaired) electrons. The second kappa shape index (κ2) is 5.67. The van der Waals surface area contributed by atoms with Gasteiger partial charge in [0.15, 0.2) is 0 Å². The molecule has 0 bridgehead atoms. The highest BCUT2D eigenvalue weighted by molar-refractivity contribution is 8.26. The van der Waals surface area contributed by atoms with Crippen molar-refractivity contribution in [2.75, 3.05) is 0 Å². The van der Waals surface area contributed by atoms with Gasteiger partial charge in [-0.15, -0.1) is 0 Å². The Labute approximate surface area is 136 Å². The first-order chi connectivity index (χ1) is 10.0. The summed E-state index contributed by atoms with van der Waals surface area (Å²) in [5, 5.41) is 3.23. The Hall–Kier alpha value is -1.56. The van der Waals surface area contributed by atoms with Gasteiger partial charge in [0, 0.05) is 16.7 Å². The molecule has 1 aliphatic rings. The molecule has 0 unspecified atom stereocenters. The van der Waals surface area contributed by atoms with Gasteiger partial charge in [-0.2, -0.15) is 0 Å². The fourth-order valence-electron chi connectivity index (χ4n) is 1.99. The maximum atomic E-state index is 11.6. The van der Waals surface area contributed by atoms with Crippen LogP contribution in [-0.4, -0.2) is 10.2 Å². The number of thioether (sulfide) groups is 1. The second-order valence-corrected chi connectivity index (χ2v) is 6.67. The van der Waals surface area contributed by atoms with Crippen LogP contribution in [0.4, 0.5) is 0 Å². The van der Waals surface area contributed by atoms with E-state index in [1.54, 1.807) is 6.08 Å². The first-order valence-electron chi connectivity index (χ1n) is 6.14. The minimum Gasteiger partial charge on any atom is -0.457 e. The second-order valence-electron chi connectivity index (χ2n) is 4.51. The van der Waals surface area contributed by atoms with Crippen molar-refractivity contribution in [3.63, 3.8) is 0 Å². The molecular weight excluding hydrogens is 326 g/mol. The zero-order valence-electron chi connectivity index (χ0n) is 11.0. The summed E-state index contributed by atoms with van der Waals surface area (Å²) in [5.74, 6) is 1.13. The van der Waals surface area contributed by atoms with Gasteiger partial charge in [-0.05, 0) is 36.8 Å². The van der Waals surface area contributed by atoms with E-state index in [2.05, 4.69) is 5.32 Å². The van der Waals surface area contributed by atoms with E-state index in [1.165, 1.54) is 11.8 Å². The normalized spacial score (nSPS) is 16.6. The predicted molar refractivity (Wildman–Crippen MR) is 90.2 cm³/mol. The first-order valence-corrected chi connectivity index (χ1v) is 7.74. The minimum atomic E-state index is -0.193. The van der Waals surface area contributed by atoms with Crippen LogP contribution in [0, 0.1) is 6.92 Å². The van der Waals surface area contributed by atoms with E-state index < -0.39 is 0 Å². The van der Waals surface area contributed by atoms with Crippen LogP contribution in [0.1, 0.15) is 11.3 Å². The number of rotatable bonds is 2. The number of halogens is 1. The molecule has 1 aromatic heterocycles. The molecule has 0 saturated carbocycles. The van der Waals surface area contributed by atoms with E-state index in [1.807, 2.05) is 37.3 Å². The van der Waals surface area contributed by atoms with Gasteiger partial charge in [0.2, 0.25) is 0 Å². The maximum absolute atomic E-state index is 11.6. The van der Waals surface area contributed by atoms with Gasteiger partial charge < -0.3 is 9.73 Å². The summed E-state index contributed by atoms with van der Waals surface area (Å²) in [5.41, 5.74) is 2.01. The van der Waals surface area contributed by atoms with Gasteiger partial charge in [-0.25, -0.2) is 0 Å². The van der Waals surface area contributed by atoms with Crippen molar-refractivity contribution in [2.45, 2.75) is 6.92 Å². The fourth-order valence-corrected chi connectivity index (χ4v) is 3.18. The monoisotopic (exact) mass is 335 g/mol. The van der Waals surface area contributed by atoms with Gasteiger partial charge in [0.25, 0.3) is 5.91 Å². The molecule has 2 aromatic rings. The van der Waals surface area contributed by atoms with Crippen LogP contribution in [0.15, 0.2) is 39.7 Å². The van der Waals surface area contributed by atoms with Crippen LogP contribution in [0.3, 0.4) is 0 Å². The fraction of sp³-hybridized carbons (Fsp3) is 0.0667. The smallest absolute Gasteiger partial charge is 0.263 e. The van der Waals surface area contributed by atoms with Crippen LogP contribution in [0.5, 0.6) is 0 Å². The molecular formula is C15H10ClNO2S2. The third kappa shape index (κ3) is 3.05. The molecule has 106 valence electrons. The molecule has 3 nitrogen and oxygen atoms in total. The van der Waals surface area contributed by atoms with Gasteiger partial charge in [-0.3, -0.25) is 4.79 Å². The zero-order valence-corrected chi connectivity index (χ0v) is 13.4. The quantitative estimate of drug-likeness (QED) is 0.652. The number of amides is 1. The molecule has 1 N–H and O–H groups in total. The third-order valence-electron chi connectivity index (χ3n) is 3.01. The number of hydrogen-bond donors (Lipinski definition) is 1. The maximum Gasteiger partial charge on any atom is 0.263 e. The summed E-state index contributed by atoms with van der Waals surface area (Å²) in [6.45, 7) is 1.99. The SMILES string of the molecule is Cc1ccc(Cl)cc1-c1ccc(C=C2SC(=S)NC2=O)o1. The molecule has 0 atom stereocenters. The molecule has 0 aliphatic carbocycles. The van der Waals surface area contributed by atoms with E-state index in [9.17, 15) is 4.79 Å². The summed E-state index contributed by atoms with van der Waals surface area (Å²) in [6, 6.07) is 9.32. The Morgan fingerprint density at radius 1 is 1.33 bits per heavy atom. The summed E-state index contributed by atoms with van der Waals surface area (Å²) >= 11 is 12.2. The molecule has 21 heavy (non-hydrogen) atoms.